The summed E-state index contributed by atoms with van der Waals surface area (Å²) in [6.45, 7) is 0.0344. The summed E-state index contributed by atoms with van der Waals surface area (Å²) in [5, 5.41) is 11.3. The molecule has 2 aromatic rings. The van der Waals surface area contributed by atoms with Gasteiger partial charge in [0.05, 0.1) is 20.5 Å². The van der Waals surface area contributed by atoms with Crippen LogP contribution in [0, 0.1) is 10.1 Å². The number of ether oxygens (including phenoxy) is 1. The number of nitro groups is 1. The number of esters is 1. The molecule has 0 bridgehead atoms. The van der Waals surface area contributed by atoms with Gasteiger partial charge in [-0.2, -0.15) is 0 Å². The first-order valence-electron chi connectivity index (χ1n) is 5.83. The molecule has 0 amide bonds. The van der Waals surface area contributed by atoms with Crippen molar-refractivity contribution in [3.63, 3.8) is 0 Å². The molecule has 21 heavy (non-hydrogen) atoms. The van der Waals surface area contributed by atoms with E-state index in [0.717, 1.165) is 0 Å². The van der Waals surface area contributed by atoms with E-state index in [9.17, 15) is 14.9 Å². The maximum absolute atomic E-state index is 11.8. The molecule has 0 unspecified atom stereocenters. The second-order valence-electron chi connectivity index (χ2n) is 4.13. The number of hydrogen-bond acceptors (Lipinski definition) is 4. The summed E-state index contributed by atoms with van der Waals surface area (Å²) in [6, 6.07) is 10.1. The van der Waals surface area contributed by atoms with Crippen molar-refractivity contribution in [2.75, 3.05) is 0 Å². The van der Waals surface area contributed by atoms with Crippen LogP contribution in [0.4, 0.5) is 5.69 Å². The molecule has 108 valence electrons. The van der Waals surface area contributed by atoms with Crippen LogP contribution in [0.2, 0.25) is 10.0 Å². The third kappa shape index (κ3) is 3.93. The molecule has 0 saturated carbocycles. The van der Waals surface area contributed by atoms with Gasteiger partial charge in [-0.3, -0.25) is 10.1 Å². The molecule has 2 rings (SSSR count). The van der Waals surface area contributed by atoms with Gasteiger partial charge in [0.1, 0.15) is 6.61 Å². The van der Waals surface area contributed by atoms with Crippen molar-refractivity contribution in [2.24, 2.45) is 0 Å². The molecule has 0 saturated heterocycles. The first-order chi connectivity index (χ1) is 9.97. The Labute approximate surface area is 130 Å². The molecule has 0 aliphatic heterocycles. The minimum atomic E-state index is -0.573. The number of halogens is 2. The van der Waals surface area contributed by atoms with Gasteiger partial charge >= 0.3 is 5.97 Å². The predicted molar refractivity (Wildman–Crippen MR) is 78.7 cm³/mol. The van der Waals surface area contributed by atoms with Crippen LogP contribution >= 0.6 is 23.2 Å². The number of rotatable bonds is 4. The second-order valence-corrected chi connectivity index (χ2v) is 4.94. The number of nitro benzene ring substituents is 1. The third-order valence-corrected chi connectivity index (χ3v) is 3.41. The van der Waals surface area contributed by atoms with Crippen LogP contribution < -0.4 is 0 Å². The Hall–Kier alpha value is -2.11. The van der Waals surface area contributed by atoms with Gasteiger partial charge in [0.15, 0.2) is 0 Å². The SMILES string of the molecule is O=C(OCc1ccc(Cl)c(Cl)c1)c1ccc([N+](=O)[O-])cc1. The Morgan fingerprint density at radius 1 is 1.10 bits per heavy atom. The van der Waals surface area contributed by atoms with E-state index in [1.54, 1.807) is 18.2 Å². The van der Waals surface area contributed by atoms with Crippen molar-refractivity contribution in [1.82, 2.24) is 0 Å². The van der Waals surface area contributed by atoms with Gasteiger partial charge in [0, 0.05) is 12.1 Å². The Morgan fingerprint density at radius 3 is 2.33 bits per heavy atom. The Kier molecular flexibility index (Phi) is 4.77. The molecule has 0 N–H and O–H groups in total. The largest absolute Gasteiger partial charge is 0.457 e. The summed E-state index contributed by atoms with van der Waals surface area (Å²) in [5.74, 6) is -0.573. The van der Waals surface area contributed by atoms with E-state index in [-0.39, 0.29) is 17.9 Å². The van der Waals surface area contributed by atoms with Crippen LogP contribution in [0.15, 0.2) is 42.5 Å². The number of carbonyl (C=O) groups is 1. The number of benzene rings is 2. The maximum Gasteiger partial charge on any atom is 0.338 e. The third-order valence-electron chi connectivity index (χ3n) is 2.67. The quantitative estimate of drug-likeness (QED) is 0.478. The summed E-state index contributed by atoms with van der Waals surface area (Å²) in [4.78, 5) is 21.8. The molecule has 0 heterocycles. The lowest BCUT2D eigenvalue weighted by molar-refractivity contribution is -0.384. The Bertz CT molecular complexity index is 686. The summed E-state index contributed by atoms with van der Waals surface area (Å²) in [6.07, 6.45) is 0. The van der Waals surface area contributed by atoms with Crippen molar-refractivity contribution < 1.29 is 14.5 Å². The van der Waals surface area contributed by atoms with Gasteiger partial charge in [0.25, 0.3) is 5.69 Å². The summed E-state index contributed by atoms with van der Waals surface area (Å²) >= 11 is 11.6. The van der Waals surface area contributed by atoms with E-state index in [0.29, 0.717) is 15.6 Å². The highest BCUT2D eigenvalue weighted by molar-refractivity contribution is 6.42. The second kappa shape index (κ2) is 6.56. The first-order valence-corrected chi connectivity index (χ1v) is 6.58. The molecule has 0 aromatic heterocycles. The highest BCUT2D eigenvalue weighted by Gasteiger charge is 2.11. The van der Waals surface area contributed by atoms with Gasteiger partial charge < -0.3 is 4.74 Å². The lowest BCUT2D eigenvalue weighted by atomic mass is 10.2. The molecule has 7 heteroatoms. The zero-order valence-corrected chi connectivity index (χ0v) is 12.1. The Balaban J connectivity index is 2.01. The monoisotopic (exact) mass is 325 g/mol. The number of carbonyl (C=O) groups excluding carboxylic acids is 1. The van der Waals surface area contributed by atoms with E-state index in [4.69, 9.17) is 27.9 Å². The van der Waals surface area contributed by atoms with Gasteiger partial charge in [-0.15, -0.1) is 0 Å². The zero-order valence-electron chi connectivity index (χ0n) is 10.6. The van der Waals surface area contributed by atoms with E-state index >= 15 is 0 Å². The van der Waals surface area contributed by atoms with Gasteiger partial charge in [-0.25, -0.2) is 4.79 Å². The highest BCUT2D eigenvalue weighted by atomic mass is 35.5. The summed E-state index contributed by atoms with van der Waals surface area (Å²) in [5.41, 5.74) is 0.844. The normalized spacial score (nSPS) is 10.2. The van der Waals surface area contributed by atoms with Crippen molar-refractivity contribution in [1.29, 1.82) is 0 Å². The molecular formula is C14H9Cl2NO4. The summed E-state index contributed by atoms with van der Waals surface area (Å²) in [7, 11) is 0. The number of nitrogens with zero attached hydrogens (tertiary/aromatic N) is 1. The molecule has 5 nitrogen and oxygen atoms in total. The lowest BCUT2D eigenvalue weighted by Crippen LogP contribution is -2.05. The molecule has 0 aliphatic carbocycles. The number of non-ortho nitro benzene ring substituents is 1. The Morgan fingerprint density at radius 2 is 1.76 bits per heavy atom. The highest BCUT2D eigenvalue weighted by Crippen LogP contribution is 2.23. The van der Waals surface area contributed by atoms with Crippen LogP contribution in [0.5, 0.6) is 0 Å². The molecule has 0 radical (unpaired) electrons. The van der Waals surface area contributed by atoms with Crippen molar-refractivity contribution in [3.05, 3.63) is 73.8 Å². The fourth-order valence-corrected chi connectivity index (χ4v) is 1.90. The predicted octanol–water partition coefficient (Wildman–Crippen LogP) is 4.26. The first kappa shape index (κ1) is 15.3. The van der Waals surface area contributed by atoms with E-state index in [1.807, 2.05) is 0 Å². The minimum Gasteiger partial charge on any atom is -0.457 e. The van der Waals surface area contributed by atoms with Gasteiger partial charge in [-0.05, 0) is 29.8 Å². The lowest BCUT2D eigenvalue weighted by Gasteiger charge is -2.06. The van der Waals surface area contributed by atoms with Gasteiger partial charge in [-0.1, -0.05) is 29.3 Å². The molecule has 0 spiro atoms. The molecule has 2 aromatic carbocycles. The van der Waals surface area contributed by atoms with E-state index in [1.165, 1.54) is 24.3 Å². The standard InChI is InChI=1S/C14H9Cl2NO4/c15-12-6-1-9(7-13(12)16)8-21-14(18)10-2-4-11(5-3-10)17(19)20/h1-7H,8H2. The fourth-order valence-electron chi connectivity index (χ4n) is 1.58. The van der Waals surface area contributed by atoms with Crippen LogP contribution in [0.1, 0.15) is 15.9 Å². The van der Waals surface area contributed by atoms with Crippen LogP contribution in [0.25, 0.3) is 0 Å². The van der Waals surface area contributed by atoms with Crippen LogP contribution in [0.3, 0.4) is 0 Å². The number of hydrogen-bond donors (Lipinski definition) is 0. The maximum atomic E-state index is 11.8. The fraction of sp³-hybridized carbons (Fsp3) is 0.0714. The zero-order chi connectivity index (χ0) is 15.4. The van der Waals surface area contributed by atoms with Crippen LogP contribution in [-0.4, -0.2) is 10.9 Å². The topological polar surface area (TPSA) is 69.4 Å². The van der Waals surface area contributed by atoms with Crippen molar-refractivity contribution in [2.45, 2.75) is 6.61 Å². The molecule has 0 atom stereocenters. The minimum absolute atomic E-state index is 0.0344. The van der Waals surface area contributed by atoms with Crippen LogP contribution in [-0.2, 0) is 11.3 Å². The molecule has 0 aliphatic rings. The average molecular weight is 326 g/mol. The van der Waals surface area contributed by atoms with Crippen molar-refractivity contribution in [3.8, 4) is 0 Å². The molecular weight excluding hydrogens is 317 g/mol. The van der Waals surface area contributed by atoms with Gasteiger partial charge in [0.2, 0.25) is 0 Å². The van der Waals surface area contributed by atoms with Crippen molar-refractivity contribution >= 4 is 34.9 Å². The van der Waals surface area contributed by atoms with E-state index < -0.39 is 10.9 Å². The molecule has 0 fully saturated rings. The van der Waals surface area contributed by atoms with E-state index in [2.05, 4.69) is 0 Å². The average Bonchev–Trinajstić information content (AvgIpc) is 2.48. The summed E-state index contributed by atoms with van der Waals surface area (Å²) < 4.78 is 5.10. The smallest absolute Gasteiger partial charge is 0.338 e.